The number of carbonyl (C=O) groups excluding carboxylic acids is 1. The van der Waals surface area contributed by atoms with Crippen molar-refractivity contribution in [2.45, 2.75) is 18.9 Å². The summed E-state index contributed by atoms with van der Waals surface area (Å²) in [5, 5.41) is 5.65. The molecule has 110 valence electrons. The van der Waals surface area contributed by atoms with Gasteiger partial charge < -0.3 is 10.2 Å². The zero-order chi connectivity index (χ0) is 14.4. The van der Waals surface area contributed by atoms with Crippen molar-refractivity contribution in [1.82, 2.24) is 29.8 Å². The number of nitrogens with zero attached hydrogens (tertiary/aromatic N) is 4. The van der Waals surface area contributed by atoms with Gasteiger partial charge in [-0.2, -0.15) is 4.52 Å². The van der Waals surface area contributed by atoms with E-state index < -0.39 is 5.56 Å². The number of fused-ring (bicyclic) bond motifs is 4. The van der Waals surface area contributed by atoms with Gasteiger partial charge in [-0.1, -0.05) is 0 Å². The molecule has 1 unspecified atom stereocenters. The average Bonchev–Trinajstić information content (AvgIpc) is 2.98. The van der Waals surface area contributed by atoms with E-state index in [4.69, 9.17) is 0 Å². The molecule has 0 spiro atoms. The maximum Gasteiger partial charge on any atom is 0.286 e. The Balaban J connectivity index is 1.59. The molecule has 8 nitrogen and oxygen atoms in total. The third kappa shape index (κ3) is 2.02. The molecule has 1 amide bonds. The third-order valence-electron chi connectivity index (χ3n) is 4.53. The highest BCUT2D eigenvalue weighted by Crippen LogP contribution is 2.27. The van der Waals surface area contributed by atoms with Gasteiger partial charge in [-0.05, 0) is 31.8 Å². The average molecular weight is 288 g/mol. The number of aromatic amines is 1. The van der Waals surface area contributed by atoms with Crippen molar-refractivity contribution in [3.63, 3.8) is 0 Å². The molecule has 1 atom stereocenters. The van der Waals surface area contributed by atoms with Crippen molar-refractivity contribution < 1.29 is 4.79 Å². The Hall–Kier alpha value is -2.22. The molecule has 2 aromatic rings. The zero-order valence-electron chi connectivity index (χ0n) is 11.5. The molecule has 0 aromatic carbocycles. The first kappa shape index (κ1) is 12.5. The number of hydrogen-bond acceptors (Lipinski definition) is 5. The van der Waals surface area contributed by atoms with Crippen LogP contribution in [0.4, 0.5) is 0 Å². The second-order valence-electron chi connectivity index (χ2n) is 5.72. The number of nitrogens with one attached hydrogen (secondary N) is 2. The summed E-state index contributed by atoms with van der Waals surface area (Å²) in [7, 11) is 0. The molecular formula is C13H16N6O2. The standard InChI is InChI=1S/C13H16N6O2/c20-11(17-10-6-18-3-1-8(10)2-4-18)9-5-14-13-15-7-16-19(13)12(9)21/h5,7-8,10H,1-4,6H2,(H,17,20)(H,14,15,16). The summed E-state index contributed by atoms with van der Waals surface area (Å²) in [6, 6.07) is 0.127. The lowest BCUT2D eigenvalue weighted by molar-refractivity contribution is 0.0619. The molecule has 0 radical (unpaired) electrons. The van der Waals surface area contributed by atoms with Crippen LogP contribution in [0.15, 0.2) is 17.3 Å². The summed E-state index contributed by atoms with van der Waals surface area (Å²) in [4.78, 5) is 34.8. The smallest absolute Gasteiger partial charge is 0.286 e. The van der Waals surface area contributed by atoms with E-state index in [1.165, 1.54) is 17.0 Å². The van der Waals surface area contributed by atoms with Crippen LogP contribution in [-0.4, -0.2) is 56.1 Å². The van der Waals surface area contributed by atoms with Crippen LogP contribution in [0, 0.1) is 5.92 Å². The normalized spacial score (nSPS) is 27.9. The minimum absolute atomic E-state index is 0.0493. The number of amides is 1. The van der Waals surface area contributed by atoms with Gasteiger partial charge in [0.15, 0.2) is 0 Å². The maximum atomic E-state index is 12.4. The van der Waals surface area contributed by atoms with Crippen LogP contribution in [0.1, 0.15) is 23.2 Å². The van der Waals surface area contributed by atoms with E-state index in [2.05, 4.69) is 25.3 Å². The molecule has 2 bridgehead atoms. The lowest BCUT2D eigenvalue weighted by atomic mass is 9.84. The Labute approximate surface area is 120 Å². The highest BCUT2D eigenvalue weighted by atomic mass is 16.2. The van der Waals surface area contributed by atoms with E-state index >= 15 is 0 Å². The van der Waals surface area contributed by atoms with Crippen LogP contribution in [0.5, 0.6) is 0 Å². The topological polar surface area (TPSA) is 95.4 Å². The molecule has 8 heteroatoms. The predicted molar refractivity (Wildman–Crippen MR) is 74.0 cm³/mol. The minimum atomic E-state index is -0.420. The van der Waals surface area contributed by atoms with E-state index in [0.29, 0.717) is 5.92 Å². The summed E-state index contributed by atoms with van der Waals surface area (Å²) in [6.07, 6.45) is 4.90. The van der Waals surface area contributed by atoms with Gasteiger partial charge in [-0.15, -0.1) is 0 Å². The van der Waals surface area contributed by atoms with Crippen LogP contribution in [0.25, 0.3) is 5.78 Å². The second-order valence-corrected chi connectivity index (χ2v) is 5.72. The molecule has 2 aromatic heterocycles. The summed E-state index contributed by atoms with van der Waals surface area (Å²) in [6.45, 7) is 3.10. The van der Waals surface area contributed by atoms with Gasteiger partial charge >= 0.3 is 0 Å². The fourth-order valence-corrected chi connectivity index (χ4v) is 3.33. The monoisotopic (exact) mass is 288 g/mol. The number of H-pyrrole nitrogens is 1. The lowest BCUT2D eigenvalue weighted by Crippen LogP contribution is -2.57. The zero-order valence-corrected chi connectivity index (χ0v) is 11.5. The Morgan fingerprint density at radius 2 is 2.14 bits per heavy atom. The predicted octanol–water partition coefficient (Wildman–Crippen LogP) is -0.758. The van der Waals surface area contributed by atoms with E-state index in [-0.39, 0.29) is 23.3 Å². The number of piperidine rings is 3. The highest BCUT2D eigenvalue weighted by Gasteiger charge is 2.35. The van der Waals surface area contributed by atoms with Gasteiger partial charge in [0.2, 0.25) is 0 Å². The first-order chi connectivity index (χ1) is 10.2. The molecule has 21 heavy (non-hydrogen) atoms. The van der Waals surface area contributed by atoms with Crippen molar-refractivity contribution in [2.75, 3.05) is 19.6 Å². The highest BCUT2D eigenvalue weighted by molar-refractivity contribution is 5.93. The first-order valence-corrected chi connectivity index (χ1v) is 7.17. The third-order valence-corrected chi connectivity index (χ3v) is 4.53. The van der Waals surface area contributed by atoms with Crippen molar-refractivity contribution in [3.05, 3.63) is 28.4 Å². The van der Waals surface area contributed by atoms with E-state index in [9.17, 15) is 9.59 Å². The molecule has 3 aliphatic rings. The number of hydrogen-bond donors (Lipinski definition) is 2. The van der Waals surface area contributed by atoms with Gasteiger partial charge in [-0.3, -0.25) is 14.7 Å². The molecule has 3 aliphatic heterocycles. The summed E-state index contributed by atoms with van der Waals surface area (Å²) >= 11 is 0. The fraction of sp³-hybridized carbons (Fsp3) is 0.538. The van der Waals surface area contributed by atoms with E-state index in [0.717, 1.165) is 32.5 Å². The maximum absolute atomic E-state index is 12.4. The van der Waals surface area contributed by atoms with Gasteiger partial charge in [-0.25, -0.2) is 9.97 Å². The van der Waals surface area contributed by atoms with Crippen molar-refractivity contribution in [3.8, 4) is 0 Å². The minimum Gasteiger partial charge on any atom is -0.348 e. The second kappa shape index (κ2) is 4.66. The molecule has 3 saturated heterocycles. The summed E-state index contributed by atoms with van der Waals surface area (Å²) in [5.74, 6) is 0.431. The Morgan fingerprint density at radius 1 is 1.33 bits per heavy atom. The van der Waals surface area contributed by atoms with Gasteiger partial charge in [0.1, 0.15) is 11.9 Å². The van der Waals surface area contributed by atoms with Gasteiger partial charge in [0.25, 0.3) is 17.2 Å². The van der Waals surface area contributed by atoms with Crippen molar-refractivity contribution >= 4 is 11.7 Å². The van der Waals surface area contributed by atoms with Crippen molar-refractivity contribution in [1.29, 1.82) is 0 Å². The van der Waals surface area contributed by atoms with Crippen LogP contribution in [0.2, 0.25) is 0 Å². The van der Waals surface area contributed by atoms with Crippen molar-refractivity contribution in [2.24, 2.45) is 5.92 Å². The molecule has 2 N–H and O–H groups in total. The SMILES string of the molecule is O=C(NC1CN2CCC1CC2)c1cnc2nc[nH]n2c1=O. The lowest BCUT2D eigenvalue weighted by Gasteiger charge is -2.44. The number of aromatic nitrogens is 4. The summed E-state index contributed by atoms with van der Waals surface area (Å²) in [5.41, 5.74) is -0.371. The quantitative estimate of drug-likeness (QED) is 0.757. The van der Waals surface area contributed by atoms with Crippen LogP contribution in [0.3, 0.4) is 0 Å². The number of carbonyl (C=O) groups is 1. The molecule has 0 saturated carbocycles. The van der Waals surface area contributed by atoms with Gasteiger partial charge in [0, 0.05) is 18.8 Å². The van der Waals surface area contributed by atoms with Gasteiger partial charge in [0.05, 0.1) is 0 Å². The number of rotatable bonds is 2. The largest absolute Gasteiger partial charge is 0.348 e. The van der Waals surface area contributed by atoms with Crippen LogP contribution < -0.4 is 10.9 Å². The fourth-order valence-electron chi connectivity index (χ4n) is 3.33. The first-order valence-electron chi connectivity index (χ1n) is 7.17. The van der Waals surface area contributed by atoms with Crippen LogP contribution in [-0.2, 0) is 0 Å². The van der Waals surface area contributed by atoms with E-state index in [1.54, 1.807) is 0 Å². The Kier molecular flexibility index (Phi) is 2.78. The van der Waals surface area contributed by atoms with Crippen LogP contribution >= 0.6 is 0 Å². The van der Waals surface area contributed by atoms with E-state index in [1.807, 2.05) is 0 Å². The Bertz CT molecular complexity index is 742. The summed E-state index contributed by atoms with van der Waals surface area (Å²) < 4.78 is 1.17. The molecular weight excluding hydrogens is 272 g/mol. The molecule has 5 rings (SSSR count). The molecule has 0 aliphatic carbocycles. The molecule has 5 heterocycles. The Morgan fingerprint density at radius 3 is 2.86 bits per heavy atom. The molecule has 3 fully saturated rings.